The van der Waals surface area contributed by atoms with Crippen LogP contribution in [-0.4, -0.2) is 47.8 Å². The van der Waals surface area contributed by atoms with E-state index >= 15 is 0 Å². The van der Waals surface area contributed by atoms with Gasteiger partial charge in [0.05, 0.1) is 11.1 Å². The molecule has 0 aromatic heterocycles. The molecule has 1 unspecified atom stereocenters. The Morgan fingerprint density at radius 1 is 1.17 bits per heavy atom. The van der Waals surface area contributed by atoms with Gasteiger partial charge in [0.1, 0.15) is 6.54 Å². The number of fused-ring (bicyclic) bond motifs is 1. The van der Waals surface area contributed by atoms with E-state index in [1.54, 1.807) is 12.1 Å². The predicted octanol–water partition coefficient (Wildman–Crippen LogP) is 0.740. The van der Waals surface area contributed by atoms with Crippen LogP contribution in [0.1, 0.15) is 41.0 Å². The fourth-order valence-electron chi connectivity index (χ4n) is 2.19. The van der Waals surface area contributed by atoms with Crippen molar-refractivity contribution in [3.05, 3.63) is 35.4 Å². The summed E-state index contributed by atoms with van der Waals surface area (Å²) in [6.07, 6.45) is -0.217. The van der Waals surface area contributed by atoms with Gasteiger partial charge >= 0.3 is 5.97 Å². The maximum Gasteiger partial charge on any atom is 0.326 e. The van der Waals surface area contributed by atoms with Gasteiger partial charge in [0.15, 0.2) is 6.10 Å². The van der Waals surface area contributed by atoms with Crippen LogP contribution in [0.2, 0.25) is 0 Å². The molecular formula is C16H18N2O5. The van der Waals surface area contributed by atoms with Crippen molar-refractivity contribution in [1.82, 2.24) is 10.2 Å². The number of nitrogens with one attached hydrogen (secondary N) is 1. The highest BCUT2D eigenvalue weighted by Gasteiger charge is 2.37. The average Bonchev–Trinajstić information content (AvgIpc) is 2.78. The minimum atomic E-state index is -0.982. The van der Waals surface area contributed by atoms with Gasteiger partial charge in [-0.25, -0.2) is 0 Å². The number of carbonyl (C=O) groups excluding carboxylic acids is 4. The highest BCUT2D eigenvalue weighted by atomic mass is 16.5. The molecule has 1 atom stereocenters. The van der Waals surface area contributed by atoms with Crippen molar-refractivity contribution in [3.8, 4) is 0 Å². The van der Waals surface area contributed by atoms with Crippen LogP contribution in [0.3, 0.4) is 0 Å². The third kappa shape index (κ3) is 3.56. The van der Waals surface area contributed by atoms with E-state index in [9.17, 15) is 19.2 Å². The third-order valence-electron chi connectivity index (χ3n) is 3.39. The second kappa shape index (κ2) is 7.04. The Hall–Kier alpha value is -2.70. The molecule has 7 heteroatoms. The fourth-order valence-corrected chi connectivity index (χ4v) is 2.19. The zero-order valence-electron chi connectivity index (χ0n) is 13.0. The zero-order valence-corrected chi connectivity index (χ0v) is 13.0. The number of benzene rings is 1. The number of rotatable bonds is 6. The highest BCUT2D eigenvalue weighted by Crippen LogP contribution is 2.22. The molecule has 122 valence electrons. The molecule has 0 saturated heterocycles. The molecule has 3 amide bonds. The quantitative estimate of drug-likeness (QED) is 0.617. The van der Waals surface area contributed by atoms with Crippen LogP contribution >= 0.6 is 0 Å². The molecule has 1 heterocycles. The number of imide groups is 1. The third-order valence-corrected chi connectivity index (χ3v) is 3.39. The summed E-state index contributed by atoms with van der Waals surface area (Å²) < 4.78 is 4.97. The number of ether oxygens (including phenoxy) is 1. The van der Waals surface area contributed by atoms with Crippen LogP contribution in [-0.2, 0) is 14.3 Å². The van der Waals surface area contributed by atoms with Gasteiger partial charge in [0.2, 0.25) is 0 Å². The maximum atomic E-state index is 12.1. The van der Waals surface area contributed by atoms with Crippen LogP contribution in [0.5, 0.6) is 0 Å². The molecule has 1 aliphatic rings. The summed E-state index contributed by atoms with van der Waals surface area (Å²) in [7, 11) is 0. The topological polar surface area (TPSA) is 92.8 Å². The van der Waals surface area contributed by atoms with Gasteiger partial charge in [-0.3, -0.25) is 24.1 Å². The van der Waals surface area contributed by atoms with Crippen molar-refractivity contribution < 1.29 is 23.9 Å². The van der Waals surface area contributed by atoms with Crippen LogP contribution < -0.4 is 5.32 Å². The van der Waals surface area contributed by atoms with Crippen LogP contribution in [0, 0.1) is 0 Å². The first-order valence-electron chi connectivity index (χ1n) is 7.38. The van der Waals surface area contributed by atoms with Gasteiger partial charge < -0.3 is 10.1 Å². The molecule has 0 saturated carbocycles. The van der Waals surface area contributed by atoms with E-state index in [0.29, 0.717) is 6.54 Å². The molecule has 23 heavy (non-hydrogen) atoms. The highest BCUT2D eigenvalue weighted by molar-refractivity contribution is 6.22. The minimum Gasteiger partial charge on any atom is -0.451 e. The van der Waals surface area contributed by atoms with Gasteiger partial charge in [-0.05, 0) is 25.5 Å². The first-order valence-corrected chi connectivity index (χ1v) is 7.38. The number of amides is 3. The molecule has 1 aliphatic heterocycles. The fraction of sp³-hybridized carbons (Fsp3) is 0.375. The van der Waals surface area contributed by atoms with Gasteiger partial charge in [0, 0.05) is 6.54 Å². The number of carbonyl (C=O) groups is 4. The molecule has 2 rings (SSSR count). The van der Waals surface area contributed by atoms with E-state index in [0.717, 1.165) is 11.3 Å². The van der Waals surface area contributed by atoms with Crippen molar-refractivity contribution in [2.45, 2.75) is 26.4 Å². The molecule has 7 nitrogen and oxygen atoms in total. The Morgan fingerprint density at radius 3 is 2.26 bits per heavy atom. The Balaban J connectivity index is 1.95. The number of hydrogen-bond donors (Lipinski definition) is 1. The Labute approximate surface area is 133 Å². The lowest BCUT2D eigenvalue weighted by Gasteiger charge is -2.16. The smallest absolute Gasteiger partial charge is 0.326 e. The first-order chi connectivity index (χ1) is 11.0. The van der Waals surface area contributed by atoms with Crippen molar-refractivity contribution >= 4 is 23.7 Å². The van der Waals surface area contributed by atoms with Gasteiger partial charge in [0.25, 0.3) is 17.7 Å². The molecule has 1 N–H and O–H groups in total. The second-order valence-corrected chi connectivity index (χ2v) is 5.17. The van der Waals surface area contributed by atoms with Gasteiger partial charge in [-0.2, -0.15) is 0 Å². The Kier molecular flexibility index (Phi) is 5.10. The summed E-state index contributed by atoms with van der Waals surface area (Å²) >= 11 is 0. The molecule has 0 spiro atoms. The first kappa shape index (κ1) is 16.7. The predicted molar refractivity (Wildman–Crippen MR) is 80.7 cm³/mol. The monoisotopic (exact) mass is 318 g/mol. The summed E-state index contributed by atoms with van der Waals surface area (Å²) in [6, 6.07) is 6.35. The normalized spacial score (nSPS) is 14.4. The maximum absolute atomic E-state index is 12.1. The Bertz CT molecular complexity index is 621. The standard InChI is InChI=1S/C16H18N2O5/c1-3-8-17-14(20)10(2)23-13(19)9-18-15(21)11-6-4-5-7-12(11)16(18)22/h4-7,10H,3,8-9H2,1-2H3,(H,17,20). The zero-order chi connectivity index (χ0) is 17.0. The lowest BCUT2D eigenvalue weighted by atomic mass is 10.1. The molecule has 0 radical (unpaired) electrons. The summed E-state index contributed by atoms with van der Waals surface area (Å²) in [5.41, 5.74) is 0.526. The summed E-state index contributed by atoms with van der Waals surface area (Å²) in [6.45, 7) is 3.31. The SMILES string of the molecule is CCCNC(=O)C(C)OC(=O)CN1C(=O)c2ccccc2C1=O. The van der Waals surface area contributed by atoms with Crippen molar-refractivity contribution in [3.63, 3.8) is 0 Å². The van der Waals surface area contributed by atoms with Gasteiger partial charge in [-0.15, -0.1) is 0 Å². The minimum absolute atomic E-state index is 0.263. The molecule has 0 fully saturated rings. The number of hydrogen-bond acceptors (Lipinski definition) is 5. The number of esters is 1. The van der Waals surface area contributed by atoms with E-state index in [4.69, 9.17) is 4.74 Å². The molecule has 0 bridgehead atoms. The summed E-state index contributed by atoms with van der Waals surface area (Å²) in [5, 5.41) is 2.60. The second-order valence-electron chi connectivity index (χ2n) is 5.17. The van der Waals surface area contributed by atoms with E-state index in [-0.39, 0.29) is 11.1 Å². The summed E-state index contributed by atoms with van der Waals surface area (Å²) in [4.78, 5) is 48.6. The van der Waals surface area contributed by atoms with E-state index < -0.39 is 36.3 Å². The lowest BCUT2D eigenvalue weighted by molar-refractivity contribution is -0.154. The lowest BCUT2D eigenvalue weighted by Crippen LogP contribution is -2.40. The van der Waals surface area contributed by atoms with Crippen LogP contribution in [0.4, 0.5) is 0 Å². The van der Waals surface area contributed by atoms with Crippen LogP contribution in [0.25, 0.3) is 0 Å². The van der Waals surface area contributed by atoms with Gasteiger partial charge in [-0.1, -0.05) is 19.1 Å². The van der Waals surface area contributed by atoms with Crippen molar-refractivity contribution in [2.24, 2.45) is 0 Å². The average molecular weight is 318 g/mol. The summed E-state index contributed by atoms with van der Waals surface area (Å²) in [5.74, 6) is -2.29. The van der Waals surface area contributed by atoms with Crippen molar-refractivity contribution in [2.75, 3.05) is 13.1 Å². The molecular weight excluding hydrogens is 300 g/mol. The van der Waals surface area contributed by atoms with Crippen molar-refractivity contribution in [1.29, 1.82) is 0 Å². The molecule has 0 aliphatic carbocycles. The van der Waals surface area contributed by atoms with E-state index in [2.05, 4.69) is 5.32 Å². The van der Waals surface area contributed by atoms with Crippen LogP contribution in [0.15, 0.2) is 24.3 Å². The Morgan fingerprint density at radius 2 is 1.74 bits per heavy atom. The molecule has 1 aromatic carbocycles. The molecule has 1 aromatic rings. The largest absolute Gasteiger partial charge is 0.451 e. The van der Waals surface area contributed by atoms with E-state index in [1.165, 1.54) is 19.1 Å². The van der Waals surface area contributed by atoms with E-state index in [1.807, 2.05) is 6.92 Å². The number of nitrogens with zero attached hydrogens (tertiary/aromatic N) is 1.